The topological polar surface area (TPSA) is 59.8 Å². The van der Waals surface area contributed by atoms with Crippen LogP contribution in [0.1, 0.15) is 17.8 Å². The first-order valence-electron chi connectivity index (χ1n) is 5.74. The maximum Gasteiger partial charge on any atom is 0.221 e. The third-order valence-electron chi connectivity index (χ3n) is 2.76. The minimum Gasteiger partial charge on any atom is -0.359 e. The predicted molar refractivity (Wildman–Crippen MR) is 70.5 cm³/mol. The van der Waals surface area contributed by atoms with Gasteiger partial charge >= 0.3 is 0 Å². The summed E-state index contributed by atoms with van der Waals surface area (Å²) in [6.07, 6.45) is 2.18. The van der Waals surface area contributed by atoms with Crippen LogP contribution in [-0.4, -0.2) is 27.5 Å². The Labute approximate surface area is 110 Å². The lowest BCUT2D eigenvalue weighted by molar-refractivity contribution is -0.120. The number of amides is 1. The quantitative estimate of drug-likeness (QED) is 0.856. The SMILES string of the molecule is CNC(=O)CCn1c(CCl)nc2cc(C)cnc21. The van der Waals surface area contributed by atoms with Crippen LogP contribution in [0.4, 0.5) is 0 Å². The minimum absolute atomic E-state index is 0.00974. The Kier molecular flexibility index (Phi) is 3.81. The number of pyridine rings is 1. The number of rotatable bonds is 4. The van der Waals surface area contributed by atoms with E-state index in [2.05, 4.69) is 15.3 Å². The van der Waals surface area contributed by atoms with E-state index in [0.29, 0.717) is 18.8 Å². The molecule has 0 aliphatic rings. The maximum absolute atomic E-state index is 11.3. The van der Waals surface area contributed by atoms with E-state index in [9.17, 15) is 4.79 Å². The van der Waals surface area contributed by atoms with Crippen LogP contribution >= 0.6 is 11.6 Å². The highest BCUT2D eigenvalue weighted by molar-refractivity contribution is 6.16. The smallest absolute Gasteiger partial charge is 0.221 e. The standard InChI is InChI=1S/C12H15ClN4O/c1-8-5-9-12(15-7-8)17(10(6-13)16-9)4-3-11(18)14-2/h5,7H,3-4,6H2,1-2H3,(H,14,18). The number of alkyl halides is 1. The Morgan fingerprint density at radius 2 is 2.33 bits per heavy atom. The molecule has 0 aliphatic carbocycles. The van der Waals surface area contributed by atoms with Crippen molar-refractivity contribution >= 4 is 28.7 Å². The van der Waals surface area contributed by atoms with Crippen LogP contribution in [0, 0.1) is 6.92 Å². The first-order chi connectivity index (χ1) is 8.65. The number of nitrogens with zero attached hydrogens (tertiary/aromatic N) is 3. The molecule has 2 heterocycles. The second-order valence-corrected chi connectivity index (χ2v) is 4.36. The van der Waals surface area contributed by atoms with Crippen molar-refractivity contribution in [3.8, 4) is 0 Å². The normalized spacial score (nSPS) is 10.8. The Hall–Kier alpha value is -1.62. The molecule has 1 amide bonds. The van der Waals surface area contributed by atoms with E-state index in [1.54, 1.807) is 13.2 Å². The third kappa shape index (κ3) is 2.46. The molecule has 2 aromatic heterocycles. The van der Waals surface area contributed by atoms with E-state index in [1.165, 1.54) is 0 Å². The van der Waals surface area contributed by atoms with E-state index in [4.69, 9.17) is 11.6 Å². The van der Waals surface area contributed by atoms with Crippen molar-refractivity contribution in [2.45, 2.75) is 25.8 Å². The first-order valence-corrected chi connectivity index (χ1v) is 6.27. The molecule has 0 fully saturated rings. The highest BCUT2D eigenvalue weighted by atomic mass is 35.5. The van der Waals surface area contributed by atoms with Crippen LogP contribution < -0.4 is 5.32 Å². The fourth-order valence-corrected chi connectivity index (χ4v) is 2.04. The first kappa shape index (κ1) is 12.8. The Balaban J connectivity index is 2.37. The molecule has 0 atom stereocenters. The summed E-state index contributed by atoms with van der Waals surface area (Å²) in [7, 11) is 1.62. The lowest BCUT2D eigenvalue weighted by Gasteiger charge is -2.06. The molecule has 5 nitrogen and oxygen atoms in total. The molecule has 0 unspecified atom stereocenters. The van der Waals surface area contributed by atoms with Crippen LogP contribution in [0.15, 0.2) is 12.3 Å². The summed E-state index contributed by atoms with van der Waals surface area (Å²) in [5, 5.41) is 2.60. The second kappa shape index (κ2) is 5.35. The molecule has 2 aromatic rings. The molecule has 0 saturated carbocycles. The van der Waals surface area contributed by atoms with Crippen LogP contribution in [0.5, 0.6) is 0 Å². The van der Waals surface area contributed by atoms with Gasteiger partial charge in [0.2, 0.25) is 5.91 Å². The summed E-state index contributed by atoms with van der Waals surface area (Å²) in [5.74, 6) is 1.04. The van der Waals surface area contributed by atoms with Crippen LogP contribution in [0.25, 0.3) is 11.2 Å². The predicted octanol–water partition coefficient (Wildman–Crippen LogP) is 1.61. The van der Waals surface area contributed by atoms with Gasteiger partial charge in [0.25, 0.3) is 0 Å². The van der Waals surface area contributed by atoms with Crippen LogP contribution in [0.3, 0.4) is 0 Å². The number of aryl methyl sites for hydroxylation is 2. The van der Waals surface area contributed by atoms with Crippen molar-refractivity contribution in [1.82, 2.24) is 19.9 Å². The molecule has 2 rings (SSSR count). The summed E-state index contributed by atoms with van der Waals surface area (Å²) in [4.78, 5) is 20.1. The van der Waals surface area contributed by atoms with Gasteiger partial charge in [0, 0.05) is 26.2 Å². The molecule has 1 N–H and O–H groups in total. The van der Waals surface area contributed by atoms with E-state index in [1.807, 2.05) is 17.6 Å². The number of carbonyl (C=O) groups is 1. The number of aromatic nitrogens is 3. The van der Waals surface area contributed by atoms with Crippen molar-refractivity contribution < 1.29 is 4.79 Å². The van der Waals surface area contributed by atoms with E-state index in [-0.39, 0.29) is 5.91 Å². The fraction of sp³-hybridized carbons (Fsp3) is 0.417. The van der Waals surface area contributed by atoms with Gasteiger partial charge in [0.15, 0.2) is 5.65 Å². The number of nitrogens with one attached hydrogen (secondary N) is 1. The van der Waals surface area contributed by atoms with Crippen molar-refractivity contribution in [2.75, 3.05) is 7.05 Å². The van der Waals surface area contributed by atoms with Crippen molar-refractivity contribution in [2.24, 2.45) is 0 Å². The number of carbonyl (C=O) groups excluding carboxylic acids is 1. The number of halogens is 1. The molecular weight excluding hydrogens is 252 g/mol. The van der Waals surface area contributed by atoms with Gasteiger partial charge in [-0.3, -0.25) is 4.79 Å². The van der Waals surface area contributed by atoms with Gasteiger partial charge in [-0.25, -0.2) is 9.97 Å². The van der Waals surface area contributed by atoms with Gasteiger partial charge < -0.3 is 9.88 Å². The summed E-state index contributed by atoms with van der Waals surface area (Å²) in [5.41, 5.74) is 2.65. The van der Waals surface area contributed by atoms with Gasteiger partial charge in [0.1, 0.15) is 11.3 Å². The van der Waals surface area contributed by atoms with Crippen molar-refractivity contribution in [3.63, 3.8) is 0 Å². The minimum atomic E-state index is -0.00974. The van der Waals surface area contributed by atoms with E-state index < -0.39 is 0 Å². The number of hydrogen-bond donors (Lipinski definition) is 1. The second-order valence-electron chi connectivity index (χ2n) is 4.09. The zero-order valence-corrected chi connectivity index (χ0v) is 11.2. The third-order valence-corrected chi connectivity index (χ3v) is 3.00. The fourth-order valence-electron chi connectivity index (χ4n) is 1.83. The lowest BCUT2D eigenvalue weighted by Crippen LogP contribution is -2.20. The number of imidazole rings is 1. The van der Waals surface area contributed by atoms with Gasteiger partial charge in [-0.2, -0.15) is 0 Å². The van der Waals surface area contributed by atoms with Gasteiger partial charge in [-0.05, 0) is 18.6 Å². The van der Waals surface area contributed by atoms with E-state index >= 15 is 0 Å². The largest absolute Gasteiger partial charge is 0.359 e. The maximum atomic E-state index is 11.3. The van der Waals surface area contributed by atoms with Crippen molar-refractivity contribution in [1.29, 1.82) is 0 Å². The molecule has 0 aliphatic heterocycles. The molecule has 0 spiro atoms. The Morgan fingerprint density at radius 3 is 3.00 bits per heavy atom. The number of hydrogen-bond acceptors (Lipinski definition) is 3. The Bertz CT molecular complexity index is 579. The summed E-state index contributed by atoms with van der Waals surface area (Å²) in [6, 6.07) is 1.97. The van der Waals surface area contributed by atoms with Gasteiger partial charge in [-0.1, -0.05) is 0 Å². The molecular formula is C12H15ClN4O. The summed E-state index contributed by atoms with van der Waals surface area (Å²) >= 11 is 5.88. The summed E-state index contributed by atoms with van der Waals surface area (Å²) in [6.45, 7) is 2.50. The lowest BCUT2D eigenvalue weighted by atomic mass is 10.3. The molecule has 6 heteroatoms. The molecule has 0 radical (unpaired) electrons. The zero-order chi connectivity index (χ0) is 13.1. The van der Waals surface area contributed by atoms with Crippen molar-refractivity contribution in [3.05, 3.63) is 23.7 Å². The van der Waals surface area contributed by atoms with E-state index in [0.717, 1.165) is 22.6 Å². The highest BCUT2D eigenvalue weighted by Gasteiger charge is 2.12. The highest BCUT2D eigenvalue weighted by Crippen LogP contribution is 2.17. The van der Waals surface area contributed by atoms with Gasteiger partial charge in [0.05, 0.1) is 5.88 Å². The average Bonchev–Trinajstić information content (AvgIpc) is 2.72. The average molecular weight is 267 g/mol. The van der Waals surface area contributed by atoms with Crippen LogP contribution in [-0.2, 0) is 17.2 Å². The molecule has 0 saturated heterocycles. The Morgan fingerprint density at radius 1 is 1.56 bits per heavy atom. The van der Waals surface area contributed by atoms with Crippen LogP contribution in [0.2, 0.25) is 0 Å². The zero-order valence-electron chi connectivity index (χ0n) is 10.4. The molecule has 18 heavy (non-hydrogen) atoms. The van der Waals surface area contributed by atoms with Gasteiger partial charge in [-0.15, -0.1) is 11.6 Å². The monoisotopic (exact) mass is 266 g/mol. The molecule has 96 valence electrons. The number of fused-ring (bicyclic) bond motifs is 1. The molecule has 0 aromatic carbocycles. The summed E-state index contributed by atoms with van der Waals surface area (Å²) < 4.78 is 1.90. The molecule has 0 bridgehead atoms.